The lowest BCUT2D eigenvalue weighted by molar-refractivity contribution is 0.416. The van der Waals surface area contributed by atoms with E-state index in [1.54, 1.807) is 17.7 Å². The Labute approximate surface area is 198 Å². The summed E-state index contributed by atoms with van der Waals surface area (Å²) in [7, 11) is 1.63. The van der Waals surface area contributed by atoms with Crippen LogP contribution in [0.15, 0.2) is 87.2 Å². The number of para-hydroxylation sites is 3. The minimum atomic E-state index is -0.370. The highest BCUT2D eigenvalue weighted by atomic mass is 35.5. The Balaban J connectivity index is 1.49. The SMILES string of the molecule is COc1ccccc1-c1nnc(SCCn2c(=O)oc3ccccc32)n1-c1ccc(Cl)cc1. The Morgan fingerprint density at radius 2 is 1.76 bits per heavy atom. The van der Waals surface area contributed by atoms with E-state index in [-0.39, 0.29) is 5.76 Å². The third kappa shape index (κ3) is 4.15. The van der Waals surface area contributed by atoms with Crippen molar-refractivity contribution in [2.24, 2.45) is 0 Å². The molecule has 0 spiro atoms. The van der Waals surface area contributed by atoms with Crippen molar-refractivity contribution in [1.82, 2.24) is 19.3 Å². The molecule has 0 fully saturated rings. The molecule has 0 aliphatic rings. The van der Waals surface area contributed by atoms with E-state index in [9.17, 15) is 4.79 Å². The lowest BCUT2D eigenvalue weighted by Gasteiger charge is -2.12. The van der Waals surface area contributed by atoms with Gasteiger partial charge in [0, 0.05) is 23.0 Å². The highest BCUT2D eigenvalue weighted by molar-refractivity contribution is 7.99. The molecule has 2 heterocycles. The number of benzene rings is 3. The van der Waals surface area contributed by atoms with E-state index >= 15 is 0 Å². The second-order valence-electron chi connectivity index (χ2n) is 7.15. The van der Waals surface area contributed by atoms with Crippen LogP contribution in [0.1, 0.15) is 0 Å². The molecule has 5 aromatic rings. The van der Waals surface area contributed by atoms with Gasteiger partial charge >= 0.3 is 5.76 Å². The van der Waals surface area contributed by atoms with Gasteiger partial charge in [-0.05, 0) is 48.5 Å². The van der Waals surface area contributed by atoms with Crippen LogP contribution in [0.25, 0.3) is 28.2 Å². The van der Waals surface area contributed by atoms with Crippen LogP contribution < -0.4 is 10.5 Å². The van der Waals surface area contributed by atoms with Crippen molar-refractivity contribution in [1.29, 1.82) is 0 Å². The van der Waals surface area contributed by atoms with Crippen LogP contribution in [0.2, 0.25) is 5.02 Å². The maximum atomic E-state index is 12.3. The predicted molar refractivity (Wildman–Crippen MR) is 130 cm³/mol. The fourth-order valence-electron chi connectivity index (χ4n) is 3.64. The molecule has 2 aromatic heterocycles. The Hall–Kier alpha value is -3.49. The minimum Gasteiger partial charge on any atom is -0.496 e. The molecule has 0 radical (unpaired) electrons. The quantitative estimate of drug-likeness (QED) is 0.296. The summed E-state index contributed by atoms with van der Waals surface area (Å²) in [6.45, 7) is 0.470. The summed E-state index contributed by atoms with van der Waals surface area (Å²) in [6.07, 6.45) is 0. The third-order valence-corrected chi connectivity index (χ3v) is 6.35. The second-order valence-corrected chi connectivity index (χ2v) is 8.65. The molecule has 0 atom stereocenters. The topological polar surface area (TPSA) is 75.1 Å². The van der Waals surface area contributed by atoms with Crippen LogP contribution >= 0.6 is 23.4 Å². The van der Waals surface area contributed by atoms with Gasteiger partial charge in [0.25, 0.3) is 0 Å². The van der Waals surface area contributed by atoms with Gasteiger partial charge in [-0.25, -0.2) is 4.79 Å². The van der Waals surface area contributed by atoms with Gasteiger partial charge in [-0.15, -0.1) is 10.2 Å². The number of aryl methyl sites for hydroxylation is 1. The number of nitrogens with zero attached hydrogens (tertiary/aromatic N) is 4. The Kier molecular flexibility index (Phi) is 5.93. The van der Waals surface area contributed by atoms with Gasteiger partial charge in [-0.2, -0.15) is 0 Å². The van der Waals surface area contributed by atoms with Gasteiger partial charge in [0.1, 0.15) is 5.75 Å². The first-order chi connectivity index (χ1) is 16.2. The molecule has 0 bridgehead atoms. The summed E-state index contributed by atoms with van der Waals surface area (Å²) in [5.74, 6) is 1.59. The van der Waals surface area contributed by atoms with Crippen molar-refractivity contribution in [3.63, 3.8) is 0 Å². The predicted octanol–water partition coefficient (Wildman–Crippen LogP) is 5.30. The molecule has 3 aromatic carbocycles. The van der Waals surface area contributed by atoms with Gasteiger partial charge in [0.15, 0.2) is 16.6 Å². The van der Waals surface area contributed by atoms with Gasteiger partial charge in [0.2, 0.25) is 0 Å². The number of methoxy groups -OCH3 is 1. The monoisotopic (exact) mass is 478 g/mol. The zero-order chi connectivity index (χ0) is 22.8. The van der Waals surface area contributed by atoms with Crippen molar-refractivity contribution in [3.05, 3.63) is 88.4 Å². The van der Waals surface area contributed by atoms with Gasteiger partial charge in [-0.3, -0.25) is 9.13 Å². The summed E-state index contributed by atoms with van der Waals surface area (Å²) in [5.41, 5.74) is 3.05. The van der Waals surface area contributed by atoms with Gasteiger partial charge < -0.3 is 9.15 Å². The zero-order valence-corrected chi connectivity index (χ0v) is 19.2. The lowest BCUT2D eigenvalue weighted by atomic mass is 10.2. The van der Waals surface area contributed by atoms with E-state index in [1.165, 1.54) is 11.8 Å². The third-order valence-electron chi connectivity index (χ3n) is 5.19. The molecule has 0 aliphatic heterocycles. The van der Waals surface area contributed by atoms with Crippen LogP contribution in [-0.4, -0.2) is 32.2 Å². The number of ether oxygens (including phenoxy) is 1. The number of oxazole rings is 1. The Bertz CT molecular complexity index is 1470. The van der Waals surface area contributed by atoms with Crippen LogP contribution in [0.4, 0.5) is 0 Å². The first-order valence-electron chi connectivity index (χ1n) is 10.2. The highest BCUT2D eigenvalue weighted by Crippen LogP contribution is 2.33. The van der Waals surface area contributed by atoms with Crippen LogP contribution in [-0.2, 0) is 6.54 Å². The molecule has 0 aliphatic carbocycles. The fourth-order valence-corrected chi connectivity index (χ4v) is 4.65. The van der Waals surface area contributed by atoms with Crippen LogP contribution in [0.5, 0.6) is 5.75 Å². The van der Waals surface area contributed by atoms with Crippen molar-refractivity contribution in [3.8, 4) is 22.8 Å². The molecule has 0 unspecified atom stereocenters. The molecule has 5 rings (SSSR count). The number of hydrogen-bond acceptors (Lipinski definition) is 6. The van der Waals surface area contributed by atoms with Crippen molar-refractivity contribution in [2.75, 3.05) is 12.9 Å². The van der Waals surface area contributed by atoms with Gasteiger partial charge in [0.05, 0.1) is 18.2 Å². The number of fused-ring (bicyclic) bond motifs is 1. The summed E-state index contributed by atoms with van der Waals surface area (Å²) < 4.78 is 14.5. The number of hydrogen-bond donors (Lipinski definition) is 0. The average Bonchev–Trinajstić information content (AvgIpc) is 3.40. The summed E-state index contributed by atoms with van der Waals surface area (Å²) in [6, 6.07) is 22.6. The summed E-state index contributed by atoms with van der Waals surface area (Å²) in [5, 5.41) is 10.3. The minimum absolute atomic E-state index is 0.370. The lowest BCUT2D eigenvalue weighted by Crippen LogP contribution is -2.15. The molecule has 33 heavy (non-hydrogen) atoms. The molecule has 0 N–H and O–H groups in total. The summed E-state index contributed by atoms with van der Waals surface area (Å²) in [4.78, 5) is 12.3. The Morgan fingerprint density at radius 1 is 1.00 bits per heavy atom. The molecule has 9 heteroatoms. The van der Waals surface area contributed by atoms with Crippen LogP contribution in [0, 0.1) is 0 Å². The number of rotatable bonds is 7. The van der Waals surface area contributed by atoms with E-state index in [4.69, 9.17) is 20.8 Å². The molecular weight excluding hydrogens is 460 g/mol. The smallest absolute Gasteiger partial charge is 0.419 e. The number of aromatic nitrogens is 4. The standard InChI is InChI=1S/C24H19ClN4O3S/c1-31-20-8-4-2-6-18(20)22-26-27-23(29(22)17-12-10-16(25)11-13-17)33-15-14-28-19-7-3-5-9-21(19)32-24(28)30/h2-13H,14-15H2,1H3. The van der Waals surface area contributed by atoms with Gasteiger partial charge in [-0.1, -0.05) is 47.6 Å². The van der Waals surface area contributed by atoms with Crippen molar-refractivity contribution in [2.45, 2.75) is 11.7 Å². The molecule has 0 saturated heterocycles. The molecule has 0 amide bonds. The van der Waals surface area contributed by atoms with E-state index in [0.717, 1.165) is 16.8 Å². The summed E-state index contributed by atoms with van der Waals surface area (Å²) >= 11 is 7.62. The second kappa shape index (κ2) is 9.17. The molecular formula is C24H19ClN4O3S. The highest BCUT2D eigenvalue weighted by Gasteiger charge is 2.19. The van der Waals surface area contributed by atoms with E-state index in [1.807, 2.05) is 71.3 Å². The molecule has 7 nitrogen and oxygen atoms in total. The van der Waals surface area contributed by atoms with Crippen molar-refractivity contribution >= 4 is 34.5 Å². The van der Waals surface area contributed by atoms with Crippen LogP contribution in [0.3, 0.4) is 0 Å². The van der Waals surface area contributed by atoms with E-state index in [2.05, 4.69) is 10.2 Å². The Morgan fingerprint density at radius 3 is 2.58 bits per heavy atom. The average molecular weight is 479 g/mol. The largest absolute Gasteiger partial charge is 0.496 e. The number of halogens is 1. The molecule has 166 valence electrons. The maximum Gasteiger partial charge on any atom is 0.419 e. The first kappa shape index (κ1) is 21.4. The maximum absolute atomic E-state index is 12.3. The zero-order valence-electron chi connectivity index (χ0n) is 17.6. The first-order valence-corrected chi connectivity index (χ1v) is 11.6. The normalized spacial score (nSPS) is 11.2. The van der Waals surface area contributed by atoms with Crippen molar-refractivity contribution < 1.29 is 9.15 Å². The number of thioether (sulfide) groups is 1. The molecule has 0 saturated carbocycles. The van der Waals surface area contributed by atoms with E-state index in [0.29, 0.717) is 39.6 Å². The van der Waals surface area contributed by atoms with E-state index < -0.39 is 0 Å². The fraction of sp³-hybridized carbons (Fsp3) is 0.125.